The van der Waals surface area contributed by atoms with Gasteiger partial charge in [0, 0.05) is 11.6 Å². The minimum Gasteiger partial charge on any atom is -0.325 e. The van der Waals surface area contributed by atoms with Gasteiger partial charge in [-0.2, -0.15) is 11.8 Å². The van der Waals surface area contributed by atoms with Gasteiger partial charge in [0.1, 0.15) is 0 Å². The van der Waals surface area contributed by atoms with Crippen molar-refractivity contribution in [3.63, 3.8) is 0 Å². The molecule has 0 radical (unpaired) electrons. The van der Waals surface area contributed by atoms with Crippen molar-refractivity contribution in [3.8, 4) is 0 Å². The number of carbonyl (C=O) groups excluding carboxylic acids is 1. The normalized spacial score (nSPS) is 11.3. The van der Waals surface area contributed by atoms with Crippen LogP contribution in [0.5, 0.6) is 0 Å². The molecule has 24 heavy (non-hydrogen) atoms. The lowest BCUT2D eigenvalue weighted by Gasteiger charge is -2.20. The molecule has 0 aliphatic heterocycles. The molecule has 0 spiro atoms. The molecule has 1 rings (SSSR count). The van der Waals surface area contributed by atoms with E-state index < -0.39 is 0 Å². The van der Waals surface area contributed by atoms with Crippen molar-refractivity contribution in [2.24, 2.45) is 0 Å². The Hall–Kier alpha value is -0.670. The maximum absolute atomic E-state index is 12.3. The number of hydrogen-bond donors (Lipinski definition) is 1. The lowest BCUT2D eigenvalue weighted by atomic mass is 9.92. The van der Waals surface area contributed by atoms with Crippen LogP contribution in [0.3, 0.4) is 0 Å². The van der Waals surface area contributed by atoms with Crippen LogP contribution in [0.15, 0.2) is 18.2 Å². The first-order valence-electron chi connectivity index (χ1n) is 9.03. The monoisotopic (exact) mass is 369 g/mol. The van der Waals surface area contributed by atoms with Gasteiger partial charge < -0.3 is 5.32 Å². The highest BCUT2D eigenvalue weighted by Crippen LogP contribution is 2.32. The van der Waals surface area contributed by atoms with Crippen LogP contribution >= 0.6 is 23.4 Å². The van der Waals surface area contributed by atoms with Crippen LogP contribution in [-0.4, -0.2) is 23.3 Å². The van der Waals surface area contributed by atoms with E-state index in [-0.39, 0.29) is 5.91 Å². The van der Waals surface area contributed by atoms with Gasteiger partial charge in [0.05, 0.1) is 5.75 Å². The Morgan fingerprint density at radius 1 is 1.04 bits per heavy atom. The lowest BCUT2D eigenvalue weighted by molar-refractivity contribution is -0.113. The minimum atomic E-state index is 0.107. The summed E-state index contributed by atoms with van der Waals surface area (Å²) in [5, 5.41) is 3.18. The standard InChI is InChI=1S/C20H32ClNOS/c1-15(2)17-10-9-11-18(16(3)4)20(17)22-19(23)14-24-13-8-6-5-7-12-21/h9-11,15-16H,5-8,12-14H2,1-4H3,(H,22,23). The average molecular weight is 370 g/mol. The quantitative estimate of drug-likeness (QED) is 0.361. The molecular weight excluding hydrogens is 338 g/mol. The minimum absolute atomic E-state index is 0.107. The summed E-state index contributed by atoms with van der Waals surface area (Å²) in [4.78, 5) is 12.3. The number of nitrogens with one attached hydrogen (secondary N) is 1. The zero-order chi connectivity index (χ0) is 17.9. The molecule has 0 unspecified atom stereocenters. The van der Waals surface area contributed by atoms with Gasteiger partial charge in [-0.15, -0.1) is 11.6 Å². The molecule has 1 aromatic carbocycles. The molecule has 1 aromatic rings. The first-order valence-corrected chi connectivity index (χ1v) is 10.7. The number of hydrogen-bond acceptors (Lipinski definition) is 2. The van der Waals surface area contributed by atoms with Crippen LogP contribution < -0.4 is 5.32 Å². The maximum atomic E-state index is 12.3. The molecule has 0 bridgehead atoms. The number of carbonyl (C=O) groups is 1. The van der Waals surface area contributed by atoms with Crippen molar-refractivity contribution >= 4 is 35.0 Å². The summed E-state index contributed by atoms with van der Waals surface area (Å²) in [6, 6.07) is 6.34. The van der Waals surface area contributed by atoms with Crippen molar-refractivity contribution in [3.05, 3.63) is 29.3 Å². The molecule has 136 valence electrons. The van der Waals surface area contributed by atoms with E-state index in [9.17, 15) is 4.79 Å². The number of thioether (sulfide) groups is 1. The topological polar surface area (TPSA) is 29.1 Å². The largest absolute Gasteiger partial charge is 0.325 e. The van der Waals surface area contributed by atoms with Crippen molar-refractivity contribution in [2.45, 2.75) is 65.2 Å². The number of anilines is 1. The maximum Gasteiger partial charge on any atom is 0.234 e. The Morgan fingerprint density at radius 3 is 2.17 bits per heavy atom. The highest BCUT2D eigenvalue weighted by molar-refractivity contribution is 7.99. The predicted molar refractivity (Wildman–Crippen MR) is 110 cm³/mol. The molecule has 0 fully saturated rings. The third-order valence-electron chi connectivity index (χ3n) is 4.04. The molecule has 0 aliphatic rings. The van der Waals surface area contributed by atoms with Gasteiger partial charge in [-0.05, 0) is 41.6 Å². The number of rotatable bonds is 11. The van der Waals surface area contributed by atoms with E-state index in [1.165, 1.54) is 24.0 Å². The molecular formula is C20H32ClNOS. The van der Waals surface area contributed by atoms with Gasteiger partial charge in [0.2, 0.25) is 5.91 Å². The third-order valence-corrected chi connectivity index (χ3v) is 5.35. The molecule has 1 N–H and O–H groups in total. The summed E-state index contributed by atoms with van der Waals surface area (Å²) in [6.07, 6.45) is 4.65. The van der Waals surface area contributed by atoms with E-state index in [0.29, 0.717) is 17.6 Å². The second-order valence-corrected chi connectivity index (χ2v) is 8.31. The SMILES string of the molecule is CC(C)c1cccc(C(C)C)c1NC(=O)CSCCCCCCCl. The first kappa shape index (κ1) is 21.4. The highest BCUT2D eigenvalue weighted by atomic mass is 35.5. The molecule has 0 saturated carbocycles. The van der Waals surface area contributed by atoms with Gasteiger partial charge in [-0.3, -0.25) is 4.79 Å². The lowest BCUT2D eigenvalue weighted by Crippen LogP contribution is -2.18. The number of benzene rings is 1. The average Bonchev–Trinajstić information content (AvgIpc) is 2.53. The second kappa shape index (κ2) is 11.8. The first-order chi connectivity index (χ1) is 11.5. The molecule has 0 aliphatic carbocycles. The number of halogens is 1. The number of alkyl halides is 1. The van der Waals surface area contributed by atoms with Crippen LogP contribution in [0, 0.1) is 0 Å². The summed E-state index contributed by atoms with van der Waals surface area (Å²) < 4.78 is 0. The molecule has 4 heteroatoms. The van der Waals surface area contributed by atoms with E-state index in [1.54, 1.807) is 11.8 Å². The van der Waals surface area contributed by atoms with E-state index in [2.05, 4.69) is 51.2 Å². The highest BCUT2D eigenvalue weighted by Gasteiger charge is 2.15. The van der Waals surface area contributed by atoms with Crippen LogP contribution in [0.25, 0.3) is 0 Å². The third kappa shape index (κ3) is 7.48. The summed E-state index contributed by atoms with van der Waals surface area (Å²) in [6.45, 7) is 8.69. The van der Waals surface area contributed by atoms with E-state index in [1.807, 2.05) is 0 Å². The summed E-state index contributed by atoms with van der Waals surface area (Å²) in [5.41, 5.74) is 3.47. The molecule has 0 saturated heterocycles. The van der Waals surface area contributed by atoms with Gasteiger partial charge in [0.15, 0.2) is 0 Å². The van der Waals surface area contributed by atoms with Gasteiger partial charge in [0.25, 0.3) is 0 Å². The van der Waals surface area contributed by atoms with Crippen molar-refractivity contribution < 1.29 is 4.79 Å². The number of unbranched alkanes of at least 4 members (excludes halogenated alkanes) is 3. The Labute approximate surface area is 157 Å². The molecule has 1 amide bonds. The van der Waals surface area contributed by atoms with E-state index in [4.69, 9.17) is 11.6 Å². The smallest absolute Gasteiger partial charge is 0.234 e. The zero-order valence-corrected chi connectivity index (χ0v) is 17.1. The molecule has 2 nitrogen and oxygen atoms in total. The van der Waals surface area contributed by atoms with Crippen LogP contribution in [0.2, 0.25) is 0 Å². The summed E-state index contributed by atoms with van der Waals surface area (Å²) in [5.74, 6) is 3.22. The van der Waals surface area contributed by atoms with E-state index in [0.717, 1.165) is 30.2 Å². The van der Waals surface area contributed by atoms with Gasteiger partial charge >= 0.3 is 0 Å². The molecule has 0 aromatic heterocycles. The van der Waals surface area contributed by atoms with Gasteiger partial charge in [-0.1, -0.05) is 58.7 Å². The number of para-hydroxylation sites is 1. The fourth-order valence-corrected chi connectivity index (χ4v) is 3.69. The molecule has 0 atom stereocenters. The van der Waals surface area contributed by atoms with Gasteiger partial charge in [-0.25, -0.2) is 0 Å². The Kier molecular flexibility index (Phi) is 10.5. The number of amides is 1. The summed E-state index contributed by atoms with van der Waals surface area (Å²) >= 11 is 7.39. The molecule has 0 heterocycles. The van der Waals surface area contributed by atoms with Crippen LogP contribution in [0.4, 0.5) is 5.69 Å². The Bertz CT molecular complexity index is 476. The predicted octanol–water partition coefficient (Wildman–Crippen LogP) is 6.40. The van der Waals surface area contributed by atoms with Crippen molar-refractivity contribution in [1.82, 2.24) is 0 Å². The zero-order valence-electron chi connectivity index (χ0n) is 15.5. The van der Waals surface area contributed by atoms with Crippen LogP contribution in [-0.2, 0) is 4.79 Å². The second-order valence-electron chi connectivity index (χ2n) is 6.82. The summed E-state index contributed by atoms with van der Waals surface area (Å²) in [7, 11) is 0. The Balaban J connectivity index is 2.54. The fourth-order valence-electron chi connectivity index (χ4n) is 2.69. The fraction of sp³-hybridized carbons (Fsp3) is 0.650. The van der Waals surface area contributed by atoms with E-state index >= 15 is 0 Å². The van der Waals surface area contributed by atoms with Crippen molar-refractivity contribution in [1.29, 1.82) is 0 Å². The van der Waals surface area contributed by atoms with Crippen LogP contribution in [0.1, 0.15) is 76.3 Å². The van der Waals surface area contributed by atoms with Crippen molar-refractivity contribution in [2.75, 3.05) is 22.7 Å². The Morgan fingerprint density at radius 2 is 1.62 bits per heavy atom.